The maximum atomic E-state index is 13.8. The molecule has 1 unspecified atom stereocenters. The molecule has 4 aromatic rings. The molecular weight excluding hydrogens is 625 g/mol. The Morgan fingerprint density at radius 1 is 1.11 bits per heavy atom. The molecule has 0 spiro atoms. The predicted molar refractivity (Wildman–Crippen MR) is 172 cm³/mol. The average molecular weight is 658 g/mol. The minimum absolute atomic E-state index is 0.0174. The predicted octanol–water partition coefficient (Wildman–Crippen LogP) is 4.57. The Bertz CT molecular complexity index is 1820. The maximum Gasteiger partial charge on any atom is 0.256 e. The minimum atomic E-state index is -1.15. The van der Waals surface area contributed by atoms with Crippen molar-refractivity contribution in [2.24, 2.45) is 0 Å². The van der Waals surface area contributed by atoms with E-state index in [1.54, 1.807) is 35.0 Å². The van der Waals surface area contributed by atoms with Gasteiger partial charge in [0.15, 0.2) is 0 Å². The zero-order valence-corrected chi connectivity index (χ0v) is 26.3. The first-order valence-corrected chi connectivity index (χ1v) is 15.6. The highest BCUT2D eigenvalue weighted by Crippen LogP contribution is 2.36. The zero-order chi connectivity index (χ0) is 33.2. The third-order valence-corrected chi connectivity index (χ3v) is 8.42. The fraction of sp³-hybridized carbons (Fsp3) is 0.257. The molecule has 47 heavy (non-hydrogen) atoms. The molecule has 0 aliphatic carbocycles. The summed E-state index contributed by atoms with van der Waals surface area (Å²) in [6.07, 6.45) is 1.16. The first kappa shape index (κ1) is 33.3. The van der Waals surface area contributed by atoms with E-state index < -0.39 is 17.8 Å². The van der Waals surface area contributed by atoms with Crippen molar-refractivity contribution in [1.29, 1.82) is 0 Å². The lowest BCUT2D eigenvalue weighted by molar-refractivity contribution is -0.112. The topological polar surface area (TPSA) is 127 Å². The second kappa shape index (κ2) is 16.0. The van der Waals surface area contributed by atoms with Crippen LogP contribution in [0.3, 0.4) is 0 Å². The number of nitrogens with one attached hydrogen (secondary N) is 1. The number of phenolic OH excluding ortho intramolecular Hbond substituents is 1. The fourth-order valence-electron chi connectivity index (χ4n) is 5.18. The standard InChI is InChI=1S/C35H32FN3O7S/c1-23-34(47-22-38-23)25-7-8-26(18-37-21-41)32(16-25)46-15-14-45-13-12-44-11-3-6-24-4-2-5-27-19-39(35(43)33(24)27)30(20-40)29-17-28(36)9-10-31(29)42/h2,4-5,7-10,16-17,20-22,30,42H,11-15,18-19H2,1H3,(H,37,41). The number of thiazole rings is 1. The largest absolute Gasteiger partial charge is 0.508 e. The molecule has 1 aliphatic heterocycles. The van der Waals surface area contributed by atoms with Crippen molar-refractivity contribution in [3.63, 3.8) is 0 Å². The summed E-state index contributed by atoms with van der Waals surface area (Å²) in [5.74, 6) is 5.21. The lowest BCUT2D eigenvalue weighted by Gasteiger charge is -2.24. The molecule has 12 heteroatoms. The number of halogens is 1. The SMILES string of the molecule is Cc1ncsc1-c1ccc(CNC=O)c(OCCOCCOCC#Cc2cccc3c2C(=O)N(C(C=O)c2cc(F)ccc2O)C3)c1. The number of phenols is 1. The number of hydrogen-bond acceptors (Lipinski definition) is 9. The molecule has 242 valence electrons. The van der Waals surface area contributed by atoms with Crippen LogP contribution >= 0.6 is 11.3 Å². The van der Waals surface area contributed by atoms with Gasteiger partial charge in [-0.25, -0.2) is 9.37 Å². The van der Waals surface area contributed by atoms with Gasteiger partial charge in [-0.15, -0.1) is 11.3 Å². The summed E-state index contributed by atoms with van der Waals surface area (Å²) < 4.78 is 31.0. The number of aromatic nitrogens is 1. The number of amides is 2. The van der Waals surface area contributed by atoms with Crippen molar-refractivity contribution >= 4 is 29.9 Å². The van der Waals surface area contributed by atoms with Crippen molar-refractivity contribution in [1.82, 2.24) is 15.2 Å². The van der Waals surface area contributed by atoms with Crippen molar-refractivity contribution in [2.45, 2.75) is 26.1 Å². The number of hydrogen-bond donors (Lipinski definition) is 2. The number of fused-ring (bicyclic) bond motifs is 1. The molecule has 1 aliphatic rings. The number of nitrogens with zero attached hydrogens (tertiary/aromatic N) is 2. The van der Waals surface area contributed by atoms with E-state index in [9.17, 15) is 23.9 Å². The number of rotatable bonds is 15. The summed E-state index contributed by atoms with van der Waals surface area (Å²) in [4.78, 5) is 42.8. The number of aromatic hydroxyl groups is 1. The number of ether oxygens (including phenoxy) is 3. The van der Waals surface area contributed by atoms with Crippen LogP contribution in [0.1, 0.15) is 44.3 Å². The van der Waals surface area contributed by atoms with Gasteiger partial charge in [-0.3, -0.25) is 9.59 Å². The normalized spacial score (nSPS) is 12.6. The van der Waals surface area contributed by atoms with Gasteiger partial charge in [0.05, 0.1) is 41.5 Å². The van der Waals surface area contributed by atoms with Crippen LogP contribution in [0.25, 0.3) is 10.4 Å². The second-order valence-electron chi connectivity index (χ2n) is 10.5. The Kier molecular flexibility index (Phi) is 11.3. The minimum Gasteiger partial charge on any atom is -0.508 e. The Morgan fingerprint density at radius 3 is 2.72 bits per heavy atom. The van der Waals surface area contributed by atoms with Gasteiger partial charge in [-0.05, 0) is 48.4 Å². The van der Waals surface area contributed by atoms with E-state index in [-0.39, 0.29) is 24.5 Å². The van der Waals surface area contributed by atoms with Crippen LogP contribution in [0.15, 0.2) is 60.1 Å². The van der Waals surface area contributed by atoms with Crippen molar-refractivity contribution in [3.05, 3.63) is 99.4 Å². The number of aryl methyl sites for hydroxylation is 1. The number of aldehydes is 1. The summed E-state index contributed by atoms with van der Waals surface area (Å²) in [6.45, 7) is 3.75. The number of carbonyl (C=O) groups excluding carboxylic acids is 3. The monoisotopic (exact) mass is 657 g/mol. The Balaban J connectivity index is 1.08. The molecule has 5 rings (SSSR count). The summed E-state index contributed by atoms with van der Waals surface area (Å²) in [7, 11) is 0. The Hall–Kier alpha value is -5.09. The smallest absolute Gasteiger partial charge is 0.256 e. The van der Waals surface area contributed by atoms with Gasteiger partial charge >= 0.3 is 0 Å². The lowest BCUT2D eigenvalue weighted by Crippen LogP contribution is -2.30. The molecule has 0 saturated heterocycles. The van der Waals surface area contributed by atoms with Crippen LogP contribution in [0.2, 0.25) is 0 Å². The molecule has 10 nitrogen and oxygen atoms in total. The lowest BCUT2D eigenvalue weighted by atomic mass is 10.0. The molecule has 2 N–H and O–H groups in total. The van der Waals surface area contributed by atoms with Gasteiger partial charge in [-0.2, -0.15) is 0 Å². The van der Waals surface area contributed by atoms with Crippen molar-refractivity contribution < 1.29 is 38.1 Å². The van der Waals surface area contributed by atoms with E-state index in [1.807, 2.05) is 25.1 Å². The quantitative estimate of drug-likeness (QED) is 0.108. The van der Waals surface area contributed by atoms with Crippen LogP contribution in [0, 0.1) is 24.6 Å². The first-order valence-electron chi connectivity index (χ1n) is 14.8. The van der Waals surface area contributed by atoms with Gasteiger partial charge in [0.2, 0.25) is 6.41 Å². The Morgan fingerprint density at radius 2 is 1.94 bits per heavy atom. The highest BCUT2D eigenvalue weighted by atomic mass is 32.1. The van der Waals surface area contributed by atoms with Crippen LogP contribution in [0.5, 0.6) is 11.5 Å². The summed E-state index contributed by atoms with van der Waals surface area (Å²) in [5.41, 5.74) is 6.11. The molecule has 3 aromatic carbocycles. The van der Waals surface area contributed by atoms with Crippen LogP contribution in [-0.4, -0.2) is 66.6 Å². The van der Waals surface area contributed by atoms with E-state index >= 15 is 0 Å². The molecule has 2 heterocycles. The molecule has 1 aromatic heterocycles. The van der Waals surface area contributed by atoms with Crippen molar-refractivity contribution in [2.75, 3.05) is 33.0 Å². The highest BCUT2D eigenvalue weighted by Gasteiger charge is 2.36. The summed E-state index contributed by atoms with van der Waals surface area (Å²) in [6, 6.07) is 13.2. The van der Waals surface area contributed by atoms with Gasteiger partial charge in [0.1, 0.15) is 42.9 Å². The van der Waals surface area contributed by atoms with E-state index in [0.717, 1.165) is 39.9 Å². The van der Waals surface area contributed by atoms with Crippen LogP contribution in [0.4, 0.5) is 4.39 Å². The van der Waals surface area contributed by atoms with Gasteiger partial charge < -0.3 is 34.3 Å². The molecule has 0 fully saturated rings. The third kappa shape index (κ3) is 8.01. The average Bonchev–Trinajstić information content (AvgIpc) is 3.66. The van der Waals surface area contributed by atoms with Crippen LogP contribution < -0.4 is 10.1 Å². The molecule has 0 bridgehead atoms. The Labute approximate surface area is 275 Å². The van der Waals surface area contributed by atoms with Crippen LogP contribution in [-0.2, 0) is 32.2 Å². The van der Waals surface area contributed by atoms with Gasteiger partial charge in [0, 0.05) is 29.8 Å². The van der Waals surface area contributed by atoms with E-state index in [4.69, 9.17) is 14.2 Å². The van der Waals surface area contributed by atoms with Gasteiger partial charge in [-0.1, -0.05) is 36.1 Å². The third-order valence-electron chi connectivity index (χ3n) is 7.44. The number of carbonyl (C=O) groups is 3. The second-order valence-corrected chi connectivity index (χ2v) is 11.3. The summed E-state index contributed by atoms with van der Waals surface area (Å²) in [5, 5.41) is 12.9. The highest BCUT2D eigenvalue weighted by molar-refractivity contribution is 7.13. The maximum absolute atomic E-state index is 13.8. The van der Waals surface area contributed by atoms with E-state index in [2.05, 4.69) is 22.1 Å². The van der Waals surface area contributed by atoms with E-state index in [1.165, 1.54) is 4.90 Å². The molecule has 2 amide bonds. The molecule has 1 atom stereocenters. The van der Waals surface area contributed by atoms with Crippen molar-refractivity contribution in [3.8, 4) is 33.8 Å². The van der Waals surface area contributed by atoms with E-state index in [0.29, 0.717) is 68.1 Å². The summed E-state index contributed by atoms with van der Waals surface area (Å²) >= 11 is 1.55. The zero-order valence-electron chi connectivity index (χ0n) is 25.5. The first-order chi connectivity index (χ1) is 22.9. The number of benzene rings is 3. The van der Waals surface area contributed by atoms with Gasteiger partial charge in [0.25, 0.3) is 5.91 Å². The molecule has 0 saturated carbocycles. The molecular formula is C35H32FN3O7S. The fourth-order valence-corrected chi connectivity index (χ4v) is 5.98. The molecule has 0 radical (unpaired) electrons.